The van der Waals surface area contributed by atoms with Crippen molar-refractivity contribution in [2.75, 3.05) is 13.7 Å². The highest BCUT2D eigenvalue weighted by atomic mass is 16.7. The van der Waals surface area contributed by atoms with Gasteiger partial charge in [0, 0.05) is 0 Å². The lowest BCUT2D eigenvalue weighted by Crippen LogP contribution is -2.59. The first-order chi connectivity index (χ1) is 9.04. The number of ether oxygens (including phenoxy) is 4. The zero-order valence-electron chi connectivity index (χ0n) is 12.8. The Morgan fingerprint density at radius 3 is 2.40 bits per heavy atom. The Hall–Kier alpha value is -1.34. The second kappa shape index (κ2) is 5.97. The van der Waals surface area contributed by atoms with Crippen molar-refractivity contribution >= 4 is 12.1 Å². The summed E-state index contributed by atoms with van der Waals surface area (Å²) in [5, 5.41) is 2.57. The molecule has 0 saturated carbocycles. The van der Waals surface area contributed by atoms with Crippen LogP contribution in [0.2, 0.25) is 0 Å². The van der Waals surface area contributed by atoms with Gasteiger partial charge in [-0.1, -0.05) is 0 Å². The van der Waals surface area contributed by atoms with Crippen LogP contribution in [0.4, 0.5) is 4.79 Å². The summed E-state index contributed by atoms with van der Waals surface area (Å²) >= 11 is 0. The molecule has 1 saturated heterocycles. The van der Waals surface area contributed by atoms with E-state index in [1.807, 2.05) is 0 Å². The second-order valence-corrected chi connectivity index (χ2v) is 6.03. The van der Waals surface area contributed by atoms with E-state index < -0.39 is 35.6 Å². The Balaban J connectivity index is 2.71. The summed E-state index contributed by atoms with van der Waals surface area (Å²) in [4.78, 5) is 23.5. The molecule has 1 aliphatic heterocycles. The van der Waals surface area contributed by atoms with E-state index in [4.69, 9.17) is 14.2 Å². The van der Waals surface area contributed by atoms with Gasteiger partial charge in [-0.2, -0.15) is 0 Å². The highest BCUT2D eigenvalue weighted by Crippen LogP contribution is 2.23. The van der Waals surface area contributed by atoms with Gasteiger partial charge in [0.2, 0.25) is 0 Å². The Morgan fingerprint density at radius 1 is 1.30 bits per heavy atom. The Bertz CT molecular complexity index is 374. The van der Waals surface area contributed by atoms with Gasteiger partial charge in [-0.3, -0.25) is 0 Å². The van der Waals surface area contributed by atoms with E-state index in [-0.39, 0.29) is 6.61 Å². The van der Waals surface area contributed by atoms with E-state index in [0.29, 0.717) is 0 Å². The van der Waals surface area contributed by atoms with Crippen molar-refractivity contribution in [1.29, 1.82) is 0 Å². The molecule has 1 aliphatic rings. The fourth-order valence-corrected chi connectivity index (χ4v) is 1.70. The van der Waals surface area contributed by atoms with Gasteiger partial charge in [-0.15, -0.1) is 0 Å². The van der Waals surface area contributed by atoms with Gasteiger partial charge < -0.3 is 24.3 Å². The van der Waals surface area contributed by atoms with Crippen molar-refractivity contribution in [3.05, 3.63) is 0 Å². The number of carbonyl (C=O) groups is 2. The van der Waals surface area contributed by atoms with Crippen molar-refractivity contribution in [2.24, 2.45) is 0 Å². The summed E-state index contributed by atoms with van der Waals surface area (Å²) in [6, 6.07) is -0.662. The molecule has 7 heteroatoms. The number of esters is 1. The highest BCUT2D eigenvalue weighted by molar-refractivity contribution is 5.77. The normalized spacial score (nSPS) is 25.7. The summed E-state index contributed by atoms with van der Waals surface area (Å²) in [6.45, 7) is 8.76. The number of rotatable bonds is 2. The van der Waals surface area contributed by atoms with E-state index in [9.17, 15) is 9.59 Å². The van der Waals surface area contributed by atoms with Gasteiger partial charge in [0.1, 0.15) is 5.60 Å². The Labute approximate surface area is 118 Å². The van der Waals surface area contributed by atoms with Crippen LogP contribution in [0.15, 0.2) is 0 Å². The Morgan fingerprint density at radius 2 is 1.90 bits per heavy atom. The molecule has 2 atom stereocenters. The quantitative estimate of drug-likeness (QED) is 0.769. The molecular weight excluding hydrogens is 266 g/mol. The van der Waals surface area contributed by atoms with Crippen LogP contribution in [-0.4, -0.2) is 49.3 Å². The van der Waals surface area contributed by atoms with Crippen molar-refractivity contribution in [3.63, 3.8) is 0 Å². The Kier molecular flexibility index (Phi) is 4.99. The average Bonchev–Trinajstić information content (AvgIpc) is 2.27. The lowest BCUT2D eigenvalue weighted by molar-refractivity contribution is -0.280. The maximum absolute atomic E-state index is 11.7. The van der Waals surface area contributed by atoms with Gasteiger partial charge in [0.05, 0.1) is 19.8 Å². The minimum absolute atomic E-state index is 0.131. The molecule has 0 radical (unpaired) electrons. The van der Waals surface area contributed by atoms with Gasteiger partial charge >= 0.3 is 12.1 Å². The van der Waals surface area contributed by atoms with E-state index in [2.05, 4.69) is 10.1 Å². The van der Waals surface area contributed by atoms with E-state index >= 15 is 0 Å². The summed E-state index contributed by atoms with van der Waals surface area (Å²) in [5.41, 5.74) is -0.625. The van der Waals surface area contributed by atoms with Gasteiger partial charge in [0.25, 0.3) is 0 Å². The third kappa shape index (κ3) is 4.97. The molecule has 0 spiro atoms. The SMILES string of the molecule is COC(=O)C1OC(C)(C)OCC1NC(=O)OC(C)(C)C. The number of alkyl carbamates (subject to hydrolysis) is 1. The number of carbonyl (C=O) groups excluding carboxylic acids is 2. The maximum atomic E-state index is 11.7. The number of methoxy groups -OCH3 is 1. The van der Waals surface area contributed by atoms with Crippen LogP contribution in [-0.2, 0) is 23.7 Å². The minimum Gasteiger partial charge on any atom is -0.467 e. The van der Waals surface area contributed by atoms with Crippen LogP contribution in [0.1, 0.15) is 34.6 Å². The van der Waals surface area contributed by atoms with Crippen LogP contribution in [0, 0.1) is 0 Å². The molecule has 1 N–H and O–H groups in total. The molecule has 0 bridgehead atoms. The number of hydrogen-bond acceptors (Lipinski definition) is 6. The molecule has 1 rings (SSSR count). The lowest BCUT2D eigenvalue weighted by Gasteiger charge is -2.39. The molecule has 1 heterocycles. The summed E-state index contributed by atoms with van der Waals surface area (Å²) in [5.74, 6) is -1.48. The topological polar surface area (TPSA) is 83.1 Å². The monoisotopic (exact) mass is 289 g/mol. The first kappa shape index (κ1) is 16.7. The number of hydrogen-bond donors (Lipinski definition) is 1. The summed E-state index contributed by atoms with van der Waals surface area (Å²) in [7, 11) is 1.26. The fourth-order valence-electron chi connectivity index (χ4n) is 1.70. The van der Waals surface area contributed by atoms with Crippen LogP contribution >= 0.6 is 0 Å². The first-order valence-corrected chi connectivity index (χ1v) is 6.43. The molecule has 0 aromatic carbocycles. The summed E-state index contributed by atoms with van der Waals surface area (Å²) < 4.78 is 20.8. The molecule has 2 unspecified atom stereocenters. The molecule has 116 valence electrons. The number of amides is 1. The van der Waals surface area contributed by atoms with Crippen LogP contribution < -0.4 is 5.32 Å². The van der Waals surface area contributed by atoms with Crippen molar-refractivity contribution < 1.29 is 28.5 Å². The zero-order valence-corrected chi connectivity index (χ0v) is 12.8. The first-order valence-electron chi connectivity index (χ1n) is 6.43. The molecule has 20 heavy (non-hydrogen) atoms. The third-order valence-electron chi connectivity index (χ3n) is 2.52. The second-order valence-electron chi connectivity index (χ2n) is 6.03. The third-order valence-corrected chi connectivity index (χ3v) is 2.52. The van der Waals surface area contributed by atoms with Gasteiger partial charge in [-0.25, -0.2) is 9.59 Å². The lowest BCUT2D eigenvalue weighted by atomic mass is 10.1. The minimum atomic E-state index is -0.934. The van der Waals surface area contributed by atoms with E-state index in [1.54, 1.807) is 34.6 Å². The zero-order chi connectivity index (χ0) is 15.6. The smallest absolute Gasteiger partial charge is 0.408 e. The number of nitrogens with one attached hydrogen (secondary N) is 1. The molecule has 0 aromatic rings. The van der Waals surface area contributed by atoms with Crippen molar-refractivity contribution in [1.82, 2.24) is 5.32 Å². The highest BCUT2D eigenvalue weighted by Gasteiger charge is 2.42. The molecule has 0 aromatic heterocycles. The molecule has 1 amide bonds. The molecule has 7 nitrogen and oxygen atoms in total. The van der Waals surface area contributed by atoms with E-state index in [0.717, 1.165) is 0 Å². The van der Waals surface area contributed by atoms with Crippen LogP contribution in [0.3, 0.4) is 0 Å². The van der Waals surface area contributed by atoms with Crippen LogP contribution in [0.5, 0.6) is 0 Å². The van der Waals surface area contributed by atoms with Crippen molar-refractivity contribution in [2.45, 2.75) is 58.2 Å². The molecule has 1 fully saturated rings. The summed E-state index contributed by atoms with van der Waals surface area (Å²) in [6.07, 6.45) is -1.57. The van der Waals surface area contributed by atoms with Crippen LogP contribution in [0.25, 0.3) is 0 Å². The fraction of sp³-hybridized carbons (Fsp3) is 0.846. The largest absolute Gasteiger partial charge is 0.467 e. The molecule has 0 aliphatic carbocycles. The predicted octanol–water partition coefficient (Wildman–Crippen LogP) is 1.20. The maximum Gasteiger partial charge on any atom is 0.408 e. The van der Waals surface area contributed by atoms with Crippen molar-refractivity contribution in [3.8, 4) is 0 Å². The van der Waals surface area contributed by atoms with Gasteiger partial charge in [-0.05, 0) is 34.6 Å². The standard InChI is InChI=1S/C13H23NO6/c1-12(2,3)20-11(16)14-8-7-18-13(4,5)19-9(8)10(15)17-6/h8-9H,7H2,1-6H3,(H,14,16). The predicted molar refractivity (Wildman–Crippen MR) is 70.1 cm³/mol. The average molecular weight is 289 g/mol. The van der Waals surface area contributed by atoms with Gasteiger partial charge in [0.15, 0.2) is 11.9 Å². The molecular formula is C13H23NO6. The van der Waals surface area contributed by atoms with E-state index in [1.165, 1.54) is 7.11 Å².